The Morgan fingerprint density at radius 3 is 3.40 bits per heavy atom. The molecule has 1 aliphatic heterocycles. The number of ether oxygens (including phenoxy) is 1. The van der Waals surface area contributed by atoms with E-state index >= 15 is 0 Å². The molecule has 1 unspecified atom stereocenters. The number of nitrogens with one attached hydrogen (secondary N) is 3. The van der Waals surface area contributed by atoms with Gasteiger partial charge in [-0.15, -0.1) is 0 Å². The Bertz CT molecular complexity index is 588. The Kier molecular flexibility index (Phi) is 3.94. The van der Waals surface area contributed by atoms with Crippen molar-refractivity contribution in [3.05, 3.63) is 30.1 Å². The summed E-state index contributed by atoms with van der Waals surface area (Å²) in [5.41, 5.74) is 1.36. The van der Waals surface area contributed by atoms with Crippen molar-refractivity contribution in [2.75, 3.05) is 26.2 Å². The lowest BCUT2D eigenvalue weighted by Gasteiger charge is -2.15. The summed E-state index contributed by atoms with van der Waals surface area (Å²) in [5, 5.41) is 7.07. The lowest BCUT2D eigenvalue weighted by molar-refractivity contribution is 0.0626. The monoisotopic (exact) mass is 274 g/mol. The van der Waals surface area contributed by atoms with Crippen LogP contribution in [-0.2, 0) is 4.74 Å². The first kappa shape index (κ1) is 13.1. The lowest BCUT2D eigenvalue weighted by atomic mass is 10.1. The van der Waals surface area contributed by atoms with Gasteiger partial charge in [-0.05, 0) is 25.1 Å². The average Bonchev–Trinajstić information content (AvgIpc) is 2.80. The molecule has 0 saturated carbocycles. The quantitative estimate of drug-likeness (QED) is 0.768. The molecule has 6 heteroatoms. The molecule has 3 rings (SSSR count). The maximum Gasteiger partial charge on any atom is 0.252 e. The Morgan fingerprint density at radius 1 is 1.50 bits per heavy atom. The van der Waals surface area contributed by atoms with Crippen LogP contribution in [0.15, 0.2) is 24.5 Å². The first-order chi connectivity index (χ1) is 9.84. The van der Waals surface area contributed by atoms with Gasteiger partial charge in [-0.1, -0.05) is 0 Å². The minimum Gasteiger partial charge on any atom is -0.375 e. The number of pyridine rings is 1. The topological polar surface area (TPSA) is 79.0 Å². The van der Waals surface area contributed by atoms with E-state index in [9.17, 15) is 4.79 Å². The predicted octanol–water partition coefficient (Wildman–Crippen LogP) is 0.671. The van der Waals surface area contributed by atoms with E-state index in [4.69, 9.17) is 4.74 Å². The van der Waals surface area contributed by atoms with Gasteiger partial charge in [0.2, 0.25) is 0 Å². The molecule has 1 saturated heterocycles. The fourth-order valence-electron chi connectivity index (χ4n) is 2.36. The molecule has 6 nitrogen and oxygen atoms in total. The Balaban J connectivity index is 1.65. The molecule has 1 aliphatic rings. The second-order valence-corrected chi connectivity index (χ2v) is 4.86. The molecule has 3 heterocycles. The van der Waals surface area contributed by atoms with E-state index in [1.54, 1.807) is 18.5 Å². The Morgan fingerprint density at radius 2 is 2.45 bits per heavy atom. The number of carbonyl (C=O) groups is 1. The molecule has 2 aromatic heterocycles. The SMILES string of the molecule is O=C(NCC1CNCCCO1)c1ccnc2[nH]ccc12. The van der Waals surface area contributed by atoms with E-state index in [1.165, 1.54) is 0 Å². The summed E-state index contributed by atoms with van der Waals surface area (Å²) in [7, 11) is 0. The van der Waals surface area contributed by atoms with Crippen LogP contribution in [0, 0.1) is 0 Å². The van der Waals surface area contributed by atoms with Crippen molar-refractivity contribution in [2.24, 2.45) is 0 Å². The average molecular weight is 274 g/mol. The highest BCUT2D eigenvalue weighted by molar-refractivity contribution is 6.05. The number of carbonyl (C=O) groups excluding carboxylic acids is 1. The van der Waals surface area contributed by atoms with E-state index in [0.29, 0.717) is 12.1 Å². The molecule has 0 bridgehead atoms. The van der Waals surface area contributed by atoms with Crippen LogP contribution in [0.25, 0.3) is 11.0 Å². The van der Waals surface area contributed by atoms with Crippen molar-refractivity contribution in [3.63, 3.8) is 0 Å². The van der Waals surface area contributed by atoms with E-state index < -0.39 is 0 Å². The van der Waals surface area contributed by atoms with E-state index in [1.807, 2.05) is 6.07 Å². The second-order valence-electron chi connectivity index (χ2n) is 4.86. The summed E-state index contributed by atoms with van der Waals surface area (Å²) in [6.07, 6.45) is 4.47. The zero-order chi connectivity index (χ0) is 13.8. The van der Waals surface area contributed by atoms with Gasteiger partial charge < -0.3 is 20.4 Å². The minimum absolute atomic E-state index is 0.0324. The largest absolute Gasteiger partial charge is 0.375 e. The van der Waals surface area contributed by atoms with Gasteiger partial charge in [-0.25, -0.2) is 4.98 Å². The van der Waals surface area contributed by atoms with Crippen LogP contribution < -0.4 is 10.6 Å². The molecule has 20 heavy (non-hydrogen) atoms. The standard InChI is InChI=1S/C14H18N4O2/c19-14(18-9-10-8-15-4-1-7-20-10)12-3-6-17-13-11(12)2-5-16-13/h2-3,5-6,10,15H,1,4,7-9H2,(H,16,17)(H,18,19). The number of rotatable bonds is 3. The smallest absolute Gasteiger partial charge is 0.252 e. The van der Waals surface area contributed by atoms with Crippen LogP contribution in [0.3, 0.4) is 0 Å². The molecule has 106 valence electrons. The molecule has 3 N–H and O–H groups in total. The van der Waals surface area contributed by atoms with E-state index in [2.05, 4.69) is 20.6 Å². The van der Waals surface area contributed by atoms with Gasteiger partial charge in [0.1, 0.15) is 5.65 Å². The van der Waals surface area contributed by atoms with Gasteiger partial charge in [0.05, 0.1) is 11.7 Å². The number of aromatic amines is 1. The van der Waals surface area contributed by atoms with Gasteiger partial charge in [0.25, 0.3) is 5.91 Å². The van der Waals surface area contributed by atoms with Crippen LogP contribution >= 0.6 is 0 Å². The number of H-pyrrole nitrogens is 1. The number of fused-ring (bicyclic) bond motifs is 1. The van der Waals surface area contributed by atoms with Crippen molar-refractivity contribution in [1.82, 2.24) is 20.6 Å². The van der Waals surface area contributed by atoms with Gasteiger partial charge in [-0.2, -0.15) is 0 Å². The third-order valence-electron chi connectivity index (χ3n) is 3.42. The van der Waals surface area contributed by atoms with Crippen LogP contribution in [0.2, 0.25) is 0 Å². The lowest BCUT2D eigenvalue weighted by Crippen LogP contribution is -2.38. The second kappa shape index (κ2) is 6.02. The highest BCUT2D eigenvalue weighted by Crippen LogP contribution is 2.14. The first-order valence-electron chi connectivity index (χ1n) is 6.87. The maximum absolute atomic E-state index is 12.3. The van der Waals surface area contributed by atoms with Crippen LogP contribution in [0.5, 0.6) is 0 Å². The summed E-state index contributed by atoms with van der Waals surface area (Å²) < 4.78 is 5.67. The van der Waals surface area contributed by atoms with Gasteiger partial charge in [-0.3, -0.25) is 4.79 Å². The molecule has 2 aromatic rings. The Hall–Kier alpha value is -1.92. The van der Waals surface area contributed by atoms with Gasteiger partial charge in [0, 0.05) is 37.5 Å². The number of hydrogen-bond donors (Lipinski definition) is 3. The van der Waals surface area contributed by atoms with Crippen LogP contribution in [0.1, 0.15) is 16.8 Å². The van der Waals surface area contributed by atoms with Crippen LogP contribution in [-0.4, -0.2) is 48.2 Å². The summed E-state index contributed by atoms with van der Waals surface area (Å²) in [4.78, 5) is 19.4. The summed E-state index contributed by atoms with van der Waals surface area (Å²) in [6.45, 7) is 3.00. The van der Waals surface area contributed by atoms with Gasteiger partial charge >= 0.3 is 0 Å². The molecular formula is C14H18N4O2. The predicted molar refractivity (Wildman–Crippen MR) is 75.7 cm³/mol. The molecule has 0 spiro atoms. The molecular weight excluding hydrogens is 256 g/mol. The summed E-state index contributed by atoms with van der Waals surface area (Å²) in [5.74, 6) is -0.0927. The van der Waals surface area contributed by atoms with E-state index in [0.717, 1.165) is 37.2 Å². The number of amides is 1. The molecule has 0 aliphatic carbocycles. The minimum atomic E-state index is -0.0927. The maximum atomic E-state index is 12.3. The highest BCUT2D eigenvalue weighted by Gasteiger charge is 2.15. The highest BCUT2D eigenvalue weighted by atomic mass is 16.5. The van der Waals surface area contributed by atoms with Crippen LogP contribution in [0.4, 0.5) is 0 Å². The molecule has 0 aromatic carbocycles. The number of aromatic nitrogens is 2. The van der Waals surface area contributed by atoms with E-state index in [-0.39, 0.29) is 12.0 Å². The van der Waals surface area contributed by atoms with Crippen molar-refractivity contribution < 1.29 is 9.53 Å². The fourth-order valence-corrected chi connectivity index (χ4v) is 2.36. The third kappa shape index (κ3) is 2.81. The molecule has 0 radical (unpaired) electrons. The zero-order valence-corrected chi connectivity index (χ0v) is 11.2. The normalized spacial score (nSPS) is 19.7. The van der Waals surface area contributed by atoms with Crippen molar-refractivity contribution in [2.45, 2.75) is 12.5 Å². The van der Waals surface area contributed by atoms with Gasteiger partial charge in [0.15, 0.2) is 0 Å². The molecule has 1 fully saturated rings. The number of nitrogens with zero attached hydrogens (tertiary/aromatic N) is 1. The number of hydrogen-bond acceptors (Lipinski definition) is 4. The third-order valence-corrected chi connectivity index (χ3v) is 3.42. The summed E-state index contributed by atoms with van der Waals surface area (Å²) in [6, 6.07) is 3.60. The fraction of sp³-hybridized carbons (Fsp3) is 0.429. The van der Waals surface area contributed by atoms with Crippen molar-refractivity contribution in [1.29, 1.82) is 0 Å². The molecule has 1 amide bonds. The molecule has 1 atom stereocenters. The zero-order valence-electron chi connectivity index (χ0n) is 11.2. The summed E-state index contributed by atoms with van der Waals surface area (Å²) >= 11 is 0. The van der Waals surface area contributed by atoms with Crippen molar-refractivity contribution >= 4 is 16.9 Å². The first-order valence-corrected chi connectivity index (χ1v) is 6.87. The Labute approximate surface area is 116 Å². The van der Waals surface area contributed by atoms with Crippen molar-refractivity contribution in [3.8, 4) is 0 Å².